The van der Waals surface area contributed by atoms with E-state index in [-0.39, 0.29) is 5.91 Å². The zero-order chi connectivity index (χ0) is 20.0. The van der Waals surface area contributed by atoms with Gasteiger partial charge in [0.25, 0.3) is 5.91 Å². The van der Waals surface area contributed by atoms with Gasteiger partial charge in [-0.25, -0.2) is 0 Å². The second-order valence-corrected chi connectivity index (χ2v) is 6.46. The maximum absolute atomic E-state index is 12.6. The predicted molar refractivity (Wildman–Crippen MR) is 112 cm³/mol. The van der Waals surface area contributed by atoms with Crippen LogP contribution in [0.4, 0.5) is 5.69 Å². The Morgan fingerprint density at radius 3 is 2.39 bits per heavy atom. The maximum atomic E-state index is 12.6. The van der Waals surface area contributed by atoms with Crippen molar-refractivity contribution < 1.29 is 19.0 Å². The Morgan fingerprint density at radius 1 is 0.857 bits per heavy atom. The van der Waals surface area contributed by atoms with Gasteiger partial charge >= 0.3 is 0 Å². The summed E-state index contributed by atoms with van der Waals surface area (Å²) in [5.74, 6) is 1.23. The third-order valence-electron chi connectivity index (χ3n) is 4.16. The smallest absolute Gasteiger partial charge is 0.255 e. The fraction of sp³-hybridized carbons (Fsp3) is 0.435. The molecule has 0 spiro atoms. The molecule has 2 aromatic rings. The van der Waals surface area contributed by atoms with E-state index in [0.29, 0.717) is 43.4 Å². The Morgan fingerprint density at radius 2 is 1.61 bits per heavy atom. The summed E-state index contributed by atoms with van der Waals surface area (Å²) in [5, 5.41) is 2.91. The molecule has 5 nitrogen and oxygen atoms in total. The number of carbonyl (C=O) groups excluding carboxylic acids is 1. The molecule has 152 valence electrons. The van der Waals surface area contributed by atoms with Gasteiger partial charge < -0.3 is 19.5 Å². The summed E-state index contributed by atoms with van der Waals surface area (Å²) >= 11 is 0. The van der Waals surface area contributed by atoms with Gasteiger partial charge in [-0.2, -0.15) is 0 Å². The molecular weight excluding hydrogens is 354 g/mol. The van der Waals surface area contributed by atoms with Crippen molar-refractivity contribution in [2.75, 3.05) is 31.7 Å². The fourth-order valence-corrected chi connectivity index (χ4v) is 2.68. The summed E-state index contributed by atoms with van der Waals surface area (Å²) < 4.78 is 16.7. The molecule has 0 heterocycles. The molecule has 0 atom stereocenters. The average Bonchev–Trinajstić information content (AvgIpc) is 2.71. The van der Waals surface area contributed by atoms with Crippen LogP contribution in [0.25, 0.3) is 0 Å². The summed E-state index contributed by atoms with van der Waals surface area (Å²) in [6.45, 7) is 6.47. The van der Waals surface area contributed by atoms with Crippen LogP contribution in [0.3, 0.4) is 0 Å². The molecule has 0 saturated heterocycles. The second-order valence-electron chi connectivity index (χ2n) is 6.46. The van der Waals surface area contributed by atoms with Crippen LogP contribution in [0.1, 0.15) is 49.9 Å². The highest BCUT2D eigenvalue weighted by Crippen LogP contribution is 2.20. The van der Waals surface area contributed by atoms with Crippen molar-refractivity contribution in [1.29, 1.82) is 0 Å². The Labute approximate surface area is 168 Å². The van der Waals surface area contributed by atoms with Crippen molar-refractivity contribution >= 4 is 11.6 Å². The molecule has 0 bridgehead atoms. The molecule has 2 rings (SSSR count). The van der Waals surface area contributed by atoms with Crippen LogP contribution >= 0.6 is 0 Å². The van der Waals surface area contributed by atoms with E-state index in [4.69, 9.17) is 14.2 Å². The van der Waals surface area contributed by atoms with Crippen LogP contribution in [0.5, 0.6) is 11.5 Å². The lowest BCUT2D eigenvalue weighted by atomic mass is 10.2. The summed E-state index contributed by atoms with van der Waals surface area (Å²) in [6, 6.07) is 14.6. The number of hydrogen-bond donors (Lipinski definition) is 1. The first kappa shape index (κ1) is 21.8. The van der Waals surface area contributed by atoms with Crippen LogP contribution in [-0.4, -0.2) is 32.3 Å². The zero-order valence-corrected chi connectivity index (χ0v) is 16.9. The average molecular weight is 386 g/mol. The largest absolute Gasteiger partial charge is 0.494 e. The topological polar surface area (TPSA) is 56.8 Å². The van der Waals surface area contributed by atoms with Crippen LogP contribution < -0.4 is 14.8 Å². The van der Waals surface area contributed by atoms with Crippen LogP contribution in [-0.2, 0) is 4.74 Å². The number of hydrogen-bond acceptors (Lipinski definition) is 4. The minimum atomic E-state index is -0.185. The molecule has 0 aliphatic heterocycles. The van der Waals surface area contributed by atoms with E-state index in [2.05, 4.69) is 12.2 Å². The van der Waals surface area contributed by atoms with Crippen molar-refractivity contribution in [3.63, 3.8) is 0 Å². The number of nitrogens with one attached hydrogen (secondary N) is 1. The minimum Gasteiger partial charge on any atom is -0.494 e. The van der Waals surface area contributed by atoms with E-state index < -0.39 is 0 Å². The molecule has 0 unspecified atom stereocenters. The van der Waals surface area contributed by atoms with Crippen molar-refractivity contribution in [3.8, 4) is 11.5 Å². The quantitative estimate of drug-likeness (QED) is 0.475. The number of anilines is 1. The Balaban J connectivity index is 1.87. The lowest BCUT2D eigenvalue weighted by Crippen LogP contribution is -2.12. The molecule has 0 aromatic heterocycles. The standard InChI is InChI=1S/C23H31NO4/c1-3-5-6-7-14-27-22-13-9-11-20(18-22)24-23(25)19-10-8-12-21(17-19)28-16-15-26-4-2/h8-13,17-18H,3-7,14-16H2,1-2H3,(H,24,25). The van der Waals surface area contributed by atoms with Gasteiger partial charge in [0.15, 0.2) is 0 Å². The number of carbonyl (C=O) groups is 1. The highest BCUT2D eigenvalue weighted by Gasteiger charge is 2.08. The monoisotopic (exact) mass is 385 g/mol. The lowest BCUT2D eigenvalue weighted by Gasteiger charge is -2.10. The summed E-state index contributed by atoms with van der Waals surface area (Å²) in [4.78, 5) is 12.6. The Bertz CT molecular complexity index is 717. The molecule has 1 amide bonds. The first-order valence-corrected chi connectivity index (χ1v) is 10.1. The Hall–Kier alpha value is -2.53. The summed E-state index contributed by atoms with van der Waals surface area (Å²) in [6.07, 6.45) is 4.66. The van der Waals surface area contributed by atoms with Crippen molar-refractivity contribution in [3.05, 3.63) is 54.1 Å². The van der Waals surface area contributed by atoms with Gasteiger partial charge in [0, 0.05) is 23.9 Å². The normalized spacial score (nSPS) is 10.5. The minimum absolute atomic E-state index is 0.185. The second kappa shape index (κ2) is 12.8. The highest BCUT2D eigenvalue weighted by atomic mass is 16.5. The first-order valence-electron chi connectivity index (χ1n) is 10.1. The van der Waals surface area contributed by atoms with Crippen LogP contribution in [0.15, 0.2) is 48.5 Å². The van der Waals surface area contributed by atoms with E-state index in [1.807, 2.05) is 37.3 Å². The van der Waals surface area contributed by atoms with Gasteiger partial charge in [-0.15, -0.1) is 0 Å². The molecule has 0 saturated carbocycles. The molecule has 0 fully saturated rings. The predicted octanol–water partition coefficient (Wildman–Crippen LogP) is 5.31. The number of ether oxygens (including phenoxy) is 3. The van der Waals surface area contributed by atoms with E-state index in [1.165, 1.54) is 19.3 Å². The molecule has 1 N–H and O–H groups in total. The summed E-state index contributed by atoms with van der Waals surface area (Å²) in [5.41, 5.74) is 1.25. The maximum Gasteiger partial charge on any atom is 0.255 e. The Kier molecular flexibility index (Phi) is 9.94. The number of benzene rings is 2. The molecule has 0 aliphatic rings. The van der Waals surface area contributed by atoms with Gasteiger partial charge in [-0.1, -0.05) is 38.3 Å². The van der Waals surface area contributed by atoms with Gasteiger partial charge in [-0.3, -0.25) is 4.79 Å². The fourth-order valence-electron chi connectivity index (χ4n) is 2.68. The van der Waals surface area contributed by atoms with E-state index in [1.54, 1.807) is 18.2 Å². The molecular formula is C23H31NO4. The van der Waals surface area contributed by atoms with E-state index in [0.717, 1.165) is 12.2 Å². The molecule has 0 radical (unpaired) electrons. The van der Waals surface area contributed by atoms with Gasteiger partial charge in [0.2, 0.25) is 0 Å². The van der Waals surface area contributed by atoms with Crippen molar-refractivity contribution in [2.45, 2.75) is 39.5 Å². The van der Waals surface area contributed by atoms with Gasteiger partial charge in [0.1, 0.15) is 18.1 Å². The first-order chi connectivity index (χ1) is 13.7. The van der Waals surface area contributed by atoms with E-state index in [9.17, 15) is 4.79 Å². The summed E-state index contributed by atoms with van der Waals surface area (Å²) in [7, 11) is 0. The van der Waals surface area contributed by atoms with Gasteiger partial charge in [-0.05, 0) is 43.7 Å². The zero-order valence-electron chi connectivity index (χ0n) is 16.9. The molecule has 0 aliphatic carbocycles. The van der Waals surface area contributed by atoms with Crippen molar-refractivity contribution in [2.24, 2.45) is 0 Å². The number of rotatable bonds is 13. The van der Waals surface area contributed by atoms with E-state index >= 15 is 0 Å². The molecule has 28 heavy (non-hydrogen) atoms. The SMILES string of the molecule is CCCCCCOc1cccc(NC(=O)c2cccc(OCCOCC)c2)c1. The van der Waals surface area contributed by atoms with Crippen molar-refractivity contribution in [1.82, 2.24) is 0 Å². The number of unbranched alkanes of at least 4 members (excludes halogenated alkanes) is 3. The highest BCUT2D eigenvalue weighted by molar-refractivity contribution is 6.04. The third kappa shape index (κ3) is 8.01. The molecule has 2 aromatic carbocycles. The lowest BCUT2D eigenvalue weighted by molar-refractivity contribution is 0.102. The third-order valence-corrected chi connectivity index (χ3v) is 4.16. The number of amides is 1. The van der Waals surface area contributed by atoms with Crippen LogP contribution in [0.2, 0.25) is 0 Å². The van der Waals surface area contributed by atoms with Crippen LogP contribution in [0, 0.1) is 0 Å². The van der Waals surface area contributed by atoms with Gasteiger partial charge in [0.05, 0.1) is 13.2 Å². The molecule has 5 heteroatoms.